The maximum Gasteiger partial charge on any atom is 0.430 e. The summed E-state index contributed by atoms with van der Waals surface area (Å²) in [6.45, 7) is 0. The van der Waals surface area contributed by atoms with E-state index >= 15 is 0 Å². The summed E-state index contributed by atoms with van der Waals surface area (Å²) in [5.74, 6) is 0. The standard InChI is InChI=1S/C15H12F6N2O2S/c16-14(17,18)13(24,15(19,20)21)11-7-10(5-6-12(11)23)26(25)9-3-1-8(22)2-4-9/h1-7,24H,22-23H2. The molecule has 1 unspecified atom stereocenters. The molecule has 1 atom stereocenters. The highest BCUT2D eigenvalue weighted by Crippen LogP contribution is 2.51. The molecule has 2 aromatic carbocycles. The minimum absolute atomic E-state index is 0.0949. The predicted octanol–water partition coefficient (Wildman–Crippen LogP) is 3.33. The van der Waals surface area contributed by atoms with Gasteiger partial charge in [0.1, 0.15) is 0 Å². The van der Waals surface area contributed by atoms with Gasteiger partial charge in [-0.1, -0.05) is 0 Å². The van der Waals surface area contributed by atoms with Crippen molar-refractivity contribution in [2.45, 2.75) is 27.7 Å². The van der Waals surface area contributed by atoms with Gasteiger partial charge in [-0.05, 0) is 42.5 Å². The fraction of sp³-hybridized carbons (Fsp3) is 0.200. The number of hydrogen-bond acceptors (Lipinski definition) is 4. The van der Waals surface area contributed by atoms with Crippen molar-refractivity contribution < 1.29 is 35.7 Å². The first-order valence-electron chi connectivity index (χ1n) is 6.82. The van der Waals surface area contributed by atoms with Gasteiger partial charge < -0.3 is 16.6 Å². The van der Waals surface area contributed by atoms with Crippen LogP contribution in [-0.2, 0) is 16.4 Å². The lowest BCUT2D eigenvalue weighted by molar-refractivity contribution is -0.376. The molecular formula is C15H12F6N2O2S. The maximum absolute atomic E-state index is 13.1. The van der Waals surface area contributed by atoms with Crippen molar-refractivity contribution in [3.8, 4) is 0 Å². The number of nitrogens with two attached hydrogens (primary N) is 2. The second kappa shape index (κ2) is 6.47. The van der Waals surface area contributed by atoms with Gasteiger partial charge in [-0.3, -0.25) is 0 Å². The van der Waals surface area contributed by atoms with Gasteiger partial charge in [0.05, 0.1) is 10.8 Å². The van der Waals surface area contributed by atoms with E-state index in [2.05, 4.69) is 0 Å². The van der Waals surface area contributed by atoms with Crippen LogP contribution in [0.4, 0.5) is 37.7 Å². The molecule has 0 aliphatic carbocycles. The van der Waals surface area contributed by atoms with E-state index in [-0.39, 0.29) is 4.90 Å². The zero-order chi connectivity index (χ0) is 19.9. The molecule has 0 aliphatic heterocycles. The average Bonchev–Trinajstić information content (AvgIpc) is 2.52. The third-order valence-corrected chi connectivity index (χ3v) is 4.93. The molecule has 11 heteroatoms. The van der Waals surface area contributed by atoms with Gasteiger partial charge in [0.15, 0.2) is 0 Å². The fourth-order valence-electron chi connectivity index (χ4n) is 2.16. The average molecular weight is 398 g/mol. The van der Waals surface area contributed by atoms with Crippen molar-refractivity contribution in [3.63, 3.8) is 0 Å². The lowest BCUT2D eigenvalue weighted by Gasteiger charge is -2.33. The summed E-state index contributed by atoms with van der Waals surface area (Å²) in [7, 11) is -2.12. The highest BCUT2D eigenvalue weighted by Gasteiger charge is 2.72. The fourth-order valence-corrected chi connectivity index (χ4v) is 3.23. The van der Waals surface area contributed by atoms with Crippen molar-refractivity contribution >= 4 is 22.2 Å². The molecule has 2 rings (SSSR count). The van der Waals surface area contributed by atoms with E-state index in [4.69, 9.17) is 11.5 Å². The molecule has 2 aromatic rings. The number of halogens is 6. The van der Waals surface area contributed by atoms with E-state index < -0.39 is 44.9 Å². The van der Waals surface area contributed by atoms with Crippen molar-refractivity contribution in [2.75, 3.05) is 11.5 Å². The number of nitrogen functional groups attached to an aromatic ring is 2. The maximum atomic E-state index is 13.1. The summed E-state index contributed by atoms with van der Waals surface area (Å²) in [5, 5.41) is 9.50. The van der Waals surface area contributed by atoms with E-state index in [9.17, 15) is 35.7 Å². The number of alkyl halides is 6. The molecule has 0 aromatic heterocycles. The second-order valence-corrected chi connectivity index (χ2v) is 6.77. The Balaban J connectivity index is 2.63. The van der Waals surface area contributed by atoms with Gasteiger partial charge in [0.2, 0.25) is 0 Å². The van der Waals surface area contributed by atoms with Crippen LogP contribution in [0.1, 0.15) is 5.56 Å². The van der Waals surface area contributed by atoms with Gasteiger partial charge in [-0.2, -0.15) is 26.3 Å². The summed E-state index contributed by atoms with van der Waals surface area (Å²) in [5.41, 5.74) is 3.25. The third-order valence-electron chi connectivity index (χ3n) is 3.54. The molecule has 26 heavy (non-hydrogen) atoms. The lowest BCUT2D eigenvalue weighted by Crippen LogP contribution is -2.54. The molecule has 0 spiro atoms. The minimum Gasteiger partial charge on any atom is -0.399 e. The summed E-state index contributed by atoms with van der Waals surface area (Å²) in [6, 6.07) is 7.42. The Kier molecular flexibility index (Phi) is 4.99. The normalized spacial score (nSPS) is 14.3. The number of hydrogen-bond donors (Lipinski definition) is 3. The first-order valence-corrected chi connectivity index (χ1v) is 7.97. The molecule has 0 bridgehead atoms. The van der Waals surface area contributed by atoms with Gasteiger partial charge in [0, 0.05) is 26.7 Å². The van der Waals surface area contributed by atoms with Crippen LogP contribution in [0.3, 0.4) is 0 Å². The van der Waals surface area contributed by atoms with Crippen LogP contribution in [0.25, 0.3) is 0 Å². The van der Waals surface area contributed by atoms with Gasteiger partial charge in [-0.25, -0.2) is 4.21 Å². The van der Waals surface area contributed by atoms with Crippen LogP contribution in [0, 0.1) is 0 Å². The summed E-state index contributed by atoms with van der Waals surface area (Å²) in [6.07, 6.45) is -12.2. The molecule has 0 amide bonds. The Hall–Kier alpha value is -2.27. The Labute approximate surface area is 145 Å². The smallest absolute Gasteiger partial charge is 0.399 e. The van der Waals surface area contributed by atoms with Gasteiger partial charge in [0.25, 0.3) is 5.60 Å². The Morgan fingerprint density at radius 1 is 0.808 bits per heavy atom. The highest BCUT2D eigenvalue weighted by molar-refractivity contribution is 7.85. The van der Waals surface area contributed by atoms with Crippen LogP contribution in [-0.4, -0.2) is 21.7 Å². The molecule has 4 nitrogen and oxygen atoms in total. The molecule has 0 saturated heterocycles. The van der Waals surface area contributed by atoms with Gasteiger partial charge >= 0.3 is 12.4 Å². The Bertz CT molecular complexity index is 820. The largest absolute Gasteiger partial charge is 0.430 e. The topological polar surface area (TPSA) is 89.3 Å². The quantitative estimate of drug-likeness (QED) is 0.547. The van der Waals surface area contributed by atoms with E-state index in [0.29, 0.717) is 11.8 Å². The van der Waals surface area contributed by atoms with Crippen LogP contribution in [0.2, 0.25) is 0 Å². The molecule has 0 aliphatic rings. The van der Waals surface area contributed by atoms with E-state index in [1.54, 1.807) is 0 Å². The van der Waals surface area contributed by atoms with Crippen molar-refractivity contribution in [1.82, 2.24) is 0 Å². The number of rotatable bonds is 3. The molecular weight excluding hydrogens is 386 g/mol. The van der Waals surface area contributed by atoms with Crippen LogP contribution in [0.5, 0.6) is 0 Å². The lowest BCUT2D eigenvalue weighted by atomic mass is 9.91. The number of benzene rings is 2. The first kappa shape index (κ1) is 20.0. The van der Waals surface area contributed by atoms with Crippen molar-refractivity contribution in [3.05, 3.63) is 48.0 Å². The summed E-state index contributed by atoms with van der Waals surface area (Å²) < 4.78 is 90.7. The van der Waals surface area contributed by atoms with Crippen LogP contribution < -0.4 is 11.5 Å². The molecule has 0 saturated carbocycles. The molecule has 0 radical (unpaired) electrons. The monoisotopic (exact) mass is 398 g/mol. The molecule has 0 heterocycles. The van der Waals surface area contributed by atoms with E-state index in [0.717, 1.165) is 12.1 Å². The van der Waals surface area contributed by atoms with E-state index in [1.807, 2.05) is 0 Å². The third kappa shape index (κ3) is 3.36. The minimum atomic E-state index is -6.10. The molecule has 142 valence electrons. The van der Waals surface area contributed by atoms with Crippen LogP contribution in [0.15, 0.2) is 52.3 Å². The van der Waals surface area contributed by atoms with Crippen molar-refractivity contribution in [1.29, 1.82) is 0 Å². The van der Waals surface area contributed by atoms with E-state index in [1.165, 1.54) is 24.3 Å². The predicted molar refractivity (Wildman–Crippen MR) is 82.4 cm³/mol. The highest BCUT2D eigenvalue weighted by atomic mass is 32.2. The number of anilines is 2. The zero-order valence-electron chi connectivity index (χ0n) is 12.7. The van der Waals surface area contributed by atoms with Crippen LogP contribution >= 0.6 is 0 Å². The first-order chi connectivity index (χ1) is 11.8. The SMILES string of the molecule is Nc1ccc(S(=O)c2ccc(N)c(C(O)(C(F)(F)F)C(F)(F)F)c2)cc1. The Morgan fingerprint density at radius 3 is 1.73 bits per heavy atom. The van der Waals surface area contributed by atoms with Gasteiger partial charge in [-0.15, -0.1) is 0 Å². The zero-order valence-corrected chi connectivity index (χ0v) is 13.5. The number of aliphatic hydroxyl groups is 1. The Morgan fingerprint density at radius 2 is 1.27 bits per heavy atom. The summed E-state index contributed by atoms with van der Waals surface area (Å²) >= 11 is 0. The molecule has 0 fully saturated rings. The molecule has 5 N–H and O–H groups in total. The second-order valence-electron chi connectivity index (χ2n) is 5.29. The summed E-state index contributed by atoms with van der Waals surface area (Å²) in [4.78, 5) is -0.302. The van der Waals surface area contributed by atoms with Crippen molar-refractivity contribution in [2.24, 2.45) is 0 Å².